The molecule has 2 aromatic carbocycles. The highest BCUT2D eigenvalue weighted by Gasteiger charge is 2.78. The van der Waals surface area contributed by atoms with E-state index in [0.717, 1.165) is 6.92 Å². The van der Waals surface area contributed by atoms with E-state index in [0.29, 0.717) is 5.56 Å². The van der Waals surface area contributed by atoms with Gasteiger partial charge in [0.1, 0.15) is 41.7 Å². The number of carbonyl (C=O) groups excluding carboxylic acids is 6. The highest BCUT2D eigenvalue weighted by Crippen LogP contribution is 2.64. The van der Waals surface area contributed by atoms with E-state index in [-0.39, 0.29) is 36.3 Å². The molecule has 1 amide bonds. The molecule has 2 bridgehead atoms. The molecule has 5 N–H and O–H groups in total. The molecule has 2 aromatic rings. The number of likely N-dealkylation sites (N-methyl/N-ethyl adjacent to an activating group) is 1. The molecule has 3 fully saturated rings. The summed E-state index contributed by atoms with van der Waals surface area (Å²) < 4.78 is 35.7. The average Bonchev–Trinajstić information content (AvgIpc) is 3.20. The van der Waals surface area contributed by atoms with Gasteiger partial charge in [-0.3, -0.25) is 14.4 Å². The molecule has 0 unspecified atom stereocenters. The zero-order valence-corrected chi connectivity index (χ0v) is 37.0. The predicted molar refractivity (Wildman–Crippen MR) is 221 cm³/mol. The number of alkyl carbamates (subject to hydrolysis) is 1. The Labute approximate surface area is 365 Å². The van der Waals surface area contributed by atoms with Crippen molar-refractivity contribution in [3.8, 4) is 0 Å². The van der Waals surface area contributed by atoms with Gasteiger partial charge in [0.15, 0.2) is 11.4 Å². The van der Waals surface area contributed by atoms with Crippen LogP contribution in [0.2, 0.25) is 0 Å². The van der Waals surface area contributed by atoms with Crippen LogP contribution in [-0.2, 0) is 47.6 Å². The molecule has 4 aliphatic rings. The van der Waals surface area contributed by atoms with Gasteiger partial charge in [0, 0.05) is 25.2 Å². The second kappa shape index (κ2) is 17.4. The lowest BCUT2D eigenvalue weighted by Gasteiger charge is -2.67. The predicted octanol–water partition coefficient (Wildman–Crippen LogP) is 3.03. The van der Waals surface area contributed by atoms with Crippen LogP contribution in [0, 0.1) is 16.7 Å². The Morgan fingerprint density at radius 1 is 0.952 bits per heavy atom. The van der Waals surface area contributed by atoms with Crippen molar-refractivity contribution < 1.29 is 72.5 Å². The van der Waals surface area contributed by atoms with E-state index >= 15 is 4.79 Å². The maximum Gasteiger partial charge on any atom is 0.408 e. The van der Waals surface area contributed by atoms with Crippen LogP contribution in [0.15, 0.2) is 71.8 Å². The molecule has 0 aromatic heterocycles. The number of aliphatic hydroxyl groups excluding tert-OH is 2. The lowest BCUT2D eigenvalue weighted by atomic mass is 9.44. The van der Waals surface area contributed by atoms with E-state index in [1.807, 2.05) is 0 Å². The summed E-state index contributed by atoms with van der Waals surface area (Å²) in [6.45, 7) is 11.4. The first-order chi connectivity index (χ1) is 29.4. The van der Waals surface area contributed by atoms with Crippen LogP contribution in [-0.4, -0.2) is 125 Å². The Kier molecular flexibility index (Phi) is 13.1. The minimum Gasteiger partial charge on any atom is -0.455 e. The quantitative estimate of drug-likeness (QED) is 0.124. The first-order valence-electron chi connectivity index (χ1n) is 20.9. The molecule has 342 valence electrons. The largest absolute Gasteiger partial charge is 0.455 e. The number of ether oxygens (including phenoxy) is 6. The Hall–Kier alpha value is -5.20. The maximum atomic E-state index is 15.1. The summed E-state index contributed by atoms with van der Waals surface area (Å²) in [4.78, 5) is 83.5. The summed E-state index contributed by atoms with van der Waals surface area (Å²) in [7, 11) is 1.49. The van der Waals surface area contributed by atoms with Gasteiger partial charge in [-0.1, -0.05) is 62.4 Å². The first kappa shape index (κ1) is 47.3. The number of amides is 1. The van der Waals surface area contributed by atoms with Crippen molar-refractivity contribution in [1.82, 2.24) is 10.6 Å². The van der Waals surface area contributed by atoms with Crippen LogP contribution in [0.1, 0.15) is 90.2 Å². The van der Waals surface area contributed by atoms with Crippen molar-refractivity contribution in [2.75, 3.05) is 20.2 Å². The van der Waals surface area contributed by atoms with Gasteiger partial charge in [0.2, 0.25) is 6.10 Å². The number of hydrogen-bond acceptors (Lipinski definition) is 16. The number of benzene rings is 2. The van der Waals surface area contributed by atoms with Crippen molar-refractivity contribution >= 4 is 35.8 Å². The highest BCUT2D eigenvalue weighted by molar-refractivity contribution is 5.94. The van der Waals surface area contributed by atoms with Crippen LogP contribution in [0.4, 0.5) is 4.79 Å². The Morgan fingerprint density at radius 3 is 2.13 bits per heavy atom. The Bertz CT molecular complexity index is 2140. The normalized spacial score (nSPS) is 31.8. The van der Waals surface area contributed by atoms with Crippen molar-refractivity contribution in [3.63, 3.8) is 0 Å². The fourth-order valence-electron chi connectivity index (χ4n) is 9.99. The zero-order valence-electron chi connectivity index (χ0n) is 37.0. The van der Waals surface area contributed by atoms with Crippen LogP contribution in [0.3, 0.4) is 0 Å². The molecule has 63 heavy (non-hydrogen) atoms. The monoisotopic (exact) mass is 878 g/mol. The molecule has 1 heterocycles. The fraction of sp³-hybridized carbons (Fsp3) is 0.565. The molecule has 0 spiro atoms. The molecule has 17 heteroatoms. The van der Waals surface area contributed by atoms with Crippen molar-refractivity contribution in [1.29, 1.82) is 0 Å². The molecule has 3 aliphatic carbocycles. The molecular formula is C46H58N2O15. The fourth-order valence-corrected chi connectivity index (χ4v) is 9.99. The van der Waals surface area contributed by atoms with Gasteiger partial charge in [0.05, 0.1) is 36.2 Å². The number of hydrogen-bond donors (Lipinski definition) is 5. The third-order valence-corrected chi connectivity index (χ3v) is 13.1. The van der Waals surface area contributed by atoms with E-state index < -0.39 is 118 Å². The molecule has 1 saturated heterocycles. The number of fused-ring (bicyclic) bond motifs is 5. The number of Topliss-reactive ketones (excluding diaryl/α,β-unsaturated/α-hetero) is 1. The van der Waals surface area contributed by atoms with E-state index in [1.54, 1.807) is 69.3 Å². The smallest absolute Gasteiger partial charge is 0.408 e. The summed E-state index contributed by atoms with van der Waals surface area (Å²) >= 11 is 0. The van der Waals surface area contributed by atoms with Crippen LogP contribution >= 0.6 is 0 Å². The van der Waals surface area contributed by atoms with Gasteiger partial charge in [-0.15, -0.1) is 0 Å². The number of ketones is 1. The Morgan fingerprint density at radius 2 is 1.57 bits per heavy atom. The second-order valence-electron chi connectivity index (χ2n) is 18.6. The summed E-state index contributed by atoms with van der Waals surface area (Å²) in [5.41, 5.74) is -8.41. The number of nitrogens with one attached hydrogen (secondary N) is 2. The lowest BCUT2D eigenvalue weighted by Crippen LogP contribution is -2.81. The summed E-state index contributed by atoms with van der Waals surface area (Å²) in [5, 5.41) is 43.2. The first-order valence-corrected chi connectivity index (χ1v) is 20.9. The maximum absolute atomic E-state index is 15.1. The molecule has 0 radical (unpaired) electrons. The van der Waals surface area contributed by atoms with Crippen molar-refractivity contribution in [2.45, 2.75) is 128 Å². The van der Waals surface area contributed by atoms with E-state index in [1.165, 1.54) is 46.9 Å². The third-order valence-electron chi connectivity index (χ3n) is 13.1. The number of esters is 4. The molecule has 1 aliphatic heterocycles. The van der Waals surface area contributed by atoms with E-state index in [9.17, 15) is 39.3 Å². The standard InChI is InChI=1S/C46H58N2O15/c1-24-28(59-40(55)35(60-31(51)22-47-9)33(26-16-12-10-13-17-26)48-41(56)63-42(3,4)5)21-46(57)38(61-39(54)27-18-14-11-15-19-27)36-44(8,37(53)34(52)32(24)43(46,6)7)29(50)20-30-45(36,23-58-30)62-25(2)49/h10-19,28-30,33-36,38,47,50,52,57H,20-23H2,1-9H3,(H,48,56)/t28-,29-,30+,33-,34+,35+,36-,38-,44+,45-,46+/m0/s1. The zero-order chi connectivity index (χ0) is 46.4. The van der Waals surface area contributed by atoms with Crippen LogP contribution < -0.4 is 10.6 Å². The average molecular weight is 879 g/mol. The van der Waals surface area contributed by atoms with Crippen LogP contribution in [0.5, 0.6) is 0 Å². The van der Waals surface area contributed by atoms with Gasteiger partial charge in [-0.2, -0.15) is 0 Å². The summed E-state index contributed by atoms with van der Waals surface area (Å²) in [5.74, 6) is -6.30. The summed E-state index contributed by atoms with van der Waals surface area (Å²) in [6, 6.07) is 14.6. The van der Waals surface area contributed by atoms with Crippen LogP contribution in [0.25, 0.3) is 0 Å². The lowest BCUT2D eigenvalue weighted by molar-refractivity contribution is -0.346. The molecular weight excluding hydrogens is 821 g/mol. The summed E-state index contributed by atoms with van der Waals surface area (Å²) in [6.07, 6.45) is -11.6. The Balaban J connectivity index is 1.53. The molecule has 11 atom stereocenters. The molecule has 2 saturated carbocycles. The molecule has 17 nitrogen and oxygen atoms in total. The number of carbonyl (C=O) groups is 6. The van der Waals surface area contributed by atoms with Crippen molar-refractivity contribution in [2.24, 2.45) is 16.7 Å². The minimum absolute atomic E-state index is 0.0646. The number of rotatable bonds is 11. The SMILES string of the molecule is CNCC(=O)O[C@@H](C(=O)O[C@H]1C[C@@]2(O)[C@@H](OC(=O)c3ccccc3)[C@@H]3[C@]4(OC(C)=O)CO[C@@H]4C[C@H](O)[C@@]3(C)C(=O)[C@H](O)C(=C1C)C2(C)C)[C@@H](NC(=O)OC(C)(C)C)c1ccccc1. The van der Waals surface area contributed by atoms with E-state index in [4.69, 9.17) is 28.4 Å². The highest BCUT2D eigenvalue weighted by atomic mass is 16.6. The van der Waals surface area contributed by atoms with Gasteiger partial charge in [-0.25, -0.2) is 14.4 Å². The third kappa shape index (κ3) is 8.48. The number of aliphatic hydroxyl groups is 3. The molecule has 6 rings (SSSR count). The minimum atomic E-state index is -2.40. The topological polar surface area (TPSA) is 243 Å². The second-order valence-corrected chi connectivity index (χ2v) is 18.6. The van der Waals surface area contributed by atoms with Crippen molar-refractivity contribution in [3.05, 3.63) is 82.9 Å². The van der Waals surface area contributed by atoms with Gasteiger partial charge >= 0.3 is 30.0 Å². The van der Waals surface area contributed by atoms with Gasteiger partial charge in [0.25, 0.3) is 0 Å². The van der Waals surface area contributed by atoms with Gasteiger partial charge < -0.3 is 54.4 Å². The van der Waals surface area contributed by atoms with Gasteiger partial charge in [-0.05, 0) is 70.5 Å². The van der Waals surface area contributed by atoms with E-state index in [2.05, 4.69) is 10.6 Å².